The van der Waals surface area contributed by atoms with Gasteiger partial charge in [-0.05, 0) is 19.3 Å². The van der Waals surface area contributed by atoms with Crippen LogP contribution in [0.15, 0.2) is 24.3 Å². The third kappa shape index (κ3) is 2.30. The van der Waals surface area contributed by atoms with Gasteiger partial charge in [0.05, 0.1) is 18.6 Å². The summed E-state index contributed by atoms with van der Waals surface area (Å²) in [7, 11) is 0. The lowest BCUT2D eigenvalue weighted by molar-refractivity contribution is -0.149. The summed E-state index contributed by atoms with van der Waals surface area (Å²) in [5.74, 6) is -1.54. The van der Waals surface area contributed by atoms with E-state index in [2.05, 4.69) is 13.2 Å². The van der Waals surface area contributed by atoms with E-state index in [-0.39, 0.29) is 29.6 Å². The van der Waals surface area contributed by atoms with Crippen molar-refractivity contribution in [2.45, 2.75) is 50.6 Å². The van der Waals surface area contributed by atoms with E-state index in [9.17, 15) is 14.7 Å². The summed E-state index contributed by atoms with van der Waals surface area (Å²) in [6.07, 6.45) is -0.495. The molecule has 6 heteroatoms. The van der Waals surface area contributed by atoms with Crippen molar-refractivity contribution in [3.05, 3.63) is 24.3 Å². The molecular formula is C19H24O6. The normalized spacial score (nSPS) is 47.7. The van der Waals surface area contributed by atoms with Crippen LogP contribution in [0.3, 0.4) is 0 Å². The smallest absolute Gasteiger partial charge is 0.333 e. The van der Waals surface area contributed by atoms with Gasteiger partial charge in [0.15, 0.2) is 0 Å². The summed E-state index contributed by atoms with van der Waals surface area (Å²) in [5.41, 5.74) is 0.601. The Hall–Kier alpha value is -1.66. The molecule has 8 unspecified atom stereocenters. The molecule has 2 aliphatic carbocycles. The molecule has 4 fully saturated rings. The first-order chi connectivity index (χ1) is 11.8. The van der Waals surface area contributed by atoms with Crippen LogP contribution >= 0.6 is 0 Å². The SMILES string of the molecule is C=C(C)C(=O)OC1CC(=C)C2CC(O)C3(CO3)C2C2OC(=O)C(C)C12. The van der Waals surface area contributed by atoms with Crippen molar-refractivity contribution in [1.82, 2.24) is 0 Å². The van der Waals surface area contributed by atoms with Crippen LogP contribution < -0.4 is 0 Å². The molecule has 2 aliphatic heterocycles. The van der Waals surface area contributed by atoms with Gasteiger partial charge in [-0.15, -0.1) is 0 Å². The maximum Gasteiger partial charge on any atom is 0.333 e. The van der Waals surface area contributed by atoms with E-state index < -0.39 is 29.9 Å². The lowest BCUT2D eigenvalue weighted by Crippen LogP contribution is -2.44. The van der Waals surface area contributed by atoms with Crippen LogP contribution in [-0.2, 0) is 23.8 Å². The zero-order valence-electron chi connectivity index (χ0n) is 14.6. The molecule has 4 aliphatic rings. The predicted octanol–water partition coefficient (Wildman–Crippen LogP) is 1.38. The maximum absolute atomic E-state index is 12.3. The predicted molar refractivity (Wildman–Crippen MR) is 87.3 cm³/mol. The van der Waals surface area contributed by atoms with Crippen molar-refractivity contribution >= 4 is 11.9 Å². The van der Waals surface area contributed by atoms with Crippen LogP contribution in [-0.4, -0.2) is 47.6 Å². The van der Waals surface area contributed by atoms with Crippen LogP contribution in [0, 0.1) is 23.7 Å². The third-order valence-electron chi connectivity index (χ3n) is 6.48. The Labute approximate surface area is 146 Å². The van der Waals surface area contributed by atoms with Crippen LogP contribution in [0.25, 0.3) is 0 Å². The van der Waals surface area contributed by atoms with Gasteiger partial charge >= 0.3 is 11.9 Å². The zero-order valence-corrected chi connectivity index (χ0v) is 14.6. The molecule has 1 N–H and O–H groups in total. The number of esters is 2. The van der Waals surface area contributed by atoms with Gasteiger partial charge < -0.3 is 19.3 Å². The average Bonchev–Trinajstić information content (AvgIpc) is 3.22. The summed E-state index contributed by atoms with van der Waals surface area (Å²) in [4.78, 5) is 24.4. The van der Waals surface area contributed by atoms with E-state index in [1.165, 1.54) is 0 Å². The Kier molecular flexibility index (Phi) is 3.64. The molecule has 4 rings (SSSR count). The molecule has 2 heterocycles. The molecule has 0 amide bonds. The molecular weight excluding hydrogens is 324 g/mol. The van der Waals surface area contributed by atoms with Gasteiger partial charge in [0.1, 0.15) is 17.8 Å². The highest BCUT2D eigenvalue weighted by atomic mass is 16.6. The van der Waals surface area contributed by atoms with Gasteiger partial charge in [-0.1, -0.05) is 25.7 Å². The second-order valence-electron chi connectivity index (χ2n) is 7.98. The summed E-state index contributed by atoms with van der Waals surface area (Å²) in [6, 6.07) is 0. The van der Waals surface area contributed by atoms with E-state index in [0.717, 1.165) is 5.57 Å². The summed E-state index contributed by atoms with van der Waals surface area (Å²) >= 11 is 0. The Balaban J connectivity index is 1.72. The van der Waals surface area contributed by atoms with Gasteiger partial charge in [-0.3, -0.25) is 4.79 Å². The first kappa shape index (κ1) is 16.8. The van der Waals surface area contributed by atoms with E-state index in [1.807, 2.05) is 6.92 Å². The number of hydrogen-bond acceptors (Lipinski definition) is 6. The largest absolute Gasteiger partial charge is 0.461 e. The monoisotopic (exact) mass is 348 g/mol. The minimum Gasteiger partial charge on any atom is -0.461 e. The summed E-state index contributed by atoms with van der Waals surface area (Å²) in [6.45, 7) is 11.7. The first-order valence-electron chi connectivity index (χ1n) is 8.83. The standard InChI is InChI=1S/C19H24O6/c1-8(2)17(21)24-12-5-9(3)11-6-13(20)19(7-23-19)15(11)16-14(12)10(4)18(22)25-16/h10-16,20H,1,3,5-7H2,2,4H3. The quantitative estimate of drug-likeness (QED) is 0.351. The highest BCUT2D eigenvalue weighted by Crippen LogP contribution is 2.60. The molecule has 0 radical (unpaired) electrons. The number of ether oxygens (including phenoxy) is 3. The van der Waals surface area contributed by atoms with Gasteiger partial charge in [0.2, 0.25) is 0 Å². The second-order valence-corrected chi connectivity index (χ2v) is 7.98. The number of fused-ring (bicyclic) bond motifs is 4. The van der Waals surface area contributed by atoms with Crippen molar-refractivity contribution < 1.29 is 28.9 Å². The van der Waals surface area contributed by atoms with Crippen molar-refractivity contribution in [3.8, 4) is 0 Å². The lowest BCUT2D eigenvalue weighted by atomic mass is 9.77. The maximum atomic E-state index is 12.3. The number of rotatable bonds is 2. The third-order valence-corrected chi connectivity index (χ3v) is 6.48. The molecule has 25 heavy (non-hydrogen) atoms. The van der Waals surface area contributed by atoms with Crippen molar-refractivity contribution in [2.24, 2.45) is 23.7 Å². The number of aliphatic hydroxyl groups excluding tert-OH is 1. The van der Waals surface area contributed by atoms with Crippen molar-refractivity contribution in [3.63, 3.8) is 0 Å². The fourth-order valence-electron chi connectivity index (χ4n) is 5.06. The molecule has 1 spiro atoms. The molecule has 8 atom stereocenters. The highest BCUT2D eigenvalue weighted by molar-refractivity contribution is 5.87. The summed E-state index contributed by atoms with van der Waals surface area (Å²) < 4.78 is 17.1. The molecule has 2 saturated heterocycles. The molecule has 6 nitrogen and oxygen atoms in total. The second kappa shape index (κ2) is 5.42. The van der Waals surface area contributed by atoms with Gasteiger partial charge in [0.25, 0.3) is 0 Å². The number of carbonyl (C=O) groups excluding carboxylic acids is 2. The highest BCUT2D eigenvalue weighted by Gasteiger charge is 2.71. The Bertz CT molecular complexity index is 663. The van der Waals surface area contributed by atoms with E-state index in [0.29, 0.717) is 25.0 Å². The fourth-order valence-corrected chi connectivity index (χ4v) is 5.06. The molecule has 0 bridgehead atoms. The topological polar surface area (TPSA) is 85.4 Å². The fraction of sp³-hybridized carbons (Fsp3) is 0.684. The van der Waals surface area contributed by atoms with Crippen LogP contribution in [0.1, 0.15) is 26.7 Å². The van der Waals surface area contributed by atoms with E-state index in [4.69, 9.17) is 14.2 Å². The minimum atomic E-state index is -0.645. The van der Waals surface area contributed by atoms with E-state index >= 15 is 0 Å². The Morgan fingerprint density at radius 3 is 2.72 bits per heavy atom. The molecule has 2 saturated carbocycles. The molecule has 0 aromatic rings. The lowest BCUT2D eigenvalue weighted by Gasteiger charge is -2.31. The molecule has 0 aromatic carbocycles. The number of aliphatic hydroxyl groups is 1. The van der Waals surface area contributed by atoms with Crippen LogP contribution in [0.5, 0.6) is 0 Å². The Morgan fingerprint density at radius 2 is 2.12 bits per heavy atom. The van der Waals surface area contributed by atoms with Gasteiger partial charge in [-0.25, -0.2) is 4.79 Å². The average molecular weight is 348 g/mol. The minimum absolute atomic E-state index is 0.00312. The number of hydrogen-bond donors (Lipinski definition) is 1. The van der Waals surface area contributed by atoms with E-state index in [1.54, 1.807) is 6.92 Å². The van der Waals surface area contributed by atoms with Gasteiger partial charge in [-0.2, -0.15) is 0 Å². The molecule has 0 aromatic heterocycles. The van der Waals surface area contributed by atoms with Crippen molar-refractivity contribution in [1.29, 1.82) is 0 Å². The Morgan fingerprint density at radius 1 is 1.44 bits per heavy atom. The summed E-state index contributed by atoms with van der Waals surface area (Å²) in [5, 5.41) is 10.5. The molecule has 136 valence electrons. The van der Waals surface area contributed by atoms with Crippen LogP contribution in [0.4, 0.5) is 0 Å². The van der Waals surface area contributed by atoms with Gasteiger partial charge in [0, 0.05) is 23.8 Å². The first-order valence-corrected chi connectivity index (χ1v) is 8.83. The number of epoxide rings is 1. The van der Waals surface area contributed by atoms with Crippen molar-refractivity contribution in [2.75, 3.05) is 6.61 Å². The number of carbonyl (C=O) groups is 2. The zero-order chi connectivity index (χ0) is 18.1. The van der Waals surface area contributed by atoms with Crippen LogP contribution in [0.2, 0.25) is 0 Å².